The Labute approximate surface area is 168 Å². The molecule has 2 heterocycles. The highest BCUT2D eigenvalue weighted by Gasteiger charge is 2.20. The van der Waals surface area contributed by atoms with Crippen LogP contribution in [0.15, 0.2) is 23.5 Å². The van der Waals surface area contributed by atoms with Crippen molar-refractivity contribution in [3.63, 3.8) is 0 Å². The molecule has 0 spiro atoms. The maximum atomic E-state index is 4.44. The van der Waals surface area contributed by atoms with E-state index in [1.807, 2.05) is 13.1 Å². The van der Waals surface area contributed by atoms with E-state index in [1.54, 1.807) is 12.4 Å². The third kappa shape index (κ3) is 6.93. The van der Waals surface area contributed by atoms with Gasteiger partial charge in [-0.15, -0.1) is 24.0 Å². The van der Waals surface area contributed by atoms with E-state index >= 15 is 0 Å². The molecule has 7 nitrogen and oxygen atoms in total. The summed E-state index contributed by atoms with van der Waals surface area (Å²) >= 11 is 0. The smallest absolute Gasteiger partial charge is 0.225 e. The van der Waals surface area contributed by atoms with Gasteiger partial charge in [0.1, 0.15) is 0 Å². The Bertz CT molecular complexity index is 489. The van der Waals surface area contributed by atoms with Gasteiger partial charge in [0.25, 0.3) is 0 Å². The fraction of sp³-hybridized carbons (Fsp3) is 0.706. The molecular formula is C17H32IN7. The lowest BCUT2D eigenvalue weighted by Crippen LogP contribution is -2.53. The third-order valence-electron chi connectivity index (χ3n) is 4.32. The highest BCUT2D eigenvalue weighted by atomic mass is 127. The minimum absolute atomic E-state index is 0. The summed E-state index contributed by atoms with van der Waals surface area (Å²) in [4.78, 5) is 20.1. The Morgan fingerprint density at radius 3 is 2.40 bits per heavy atom. The summed E-state index contributed by atoms with van der Waals surface area (Å²) < 4.78 is 0. The van der Waals surface area contributed by atoms with E-state index in [0.717, 1.165) is 64.3 Å². The zero-order chi connectivity index (χ0) is 17.2. The van der Waals surface area contributed by atoms with Crippen molar-refractivity contribution in [2.45, 2.75) is 20.3 Å². The topological polar surface area (TPSA) is 59.9 Å². The Morgan fingerprint density at radius 2 is 1.84 bits per heavy atom. The first-order valence-electron chi connectivity index (χ1n) is 8.98. The quantitative estimate of drug-likeness (QED) is 0.378. The molecule has 25 heavy (non-hydrogen) atoms. The number of guanidine groups is 1. The first-order valence-corrected chi connectivity index (χ1v) is 8.98. The average molecular weight is 461 g/mol. The second-order valence-corrected chi connectivity index (χ2v) is 5.93. The molecule has 0 unspecified atom stereocenters. The SMILES string of the molecule is CCCN(CC)CCNC(=NC)N1CCN(c2ncccn2)CC1.I. The van der Waals surface area contributed by atoms with Crippen molar-refractivity contribution in [3.8, 4) is 0 Å². The van der Waals surface area contributed by atoms with E-state index < -0.39 is 0 Å². The van der Waals surface area contributed by atoms with E-state index in [1.165, 1.54) is 6.42 Å². The lowest BCUT2D eigenvalue weighted by atomic mass is 10.3. The minimum Gasteiger partial charge on any atom is -0.355 e. The third-order valence-corrected chi connectivity index (χ3v) is 4.32. The molecule has 0 aromatic carbocycles. The lowest BCUT2D eigenvalue weighted by molar-refractivity contribution is 0.289. The Kier molecular flexibility index (Phi) is 10.7. The van der Waals surface area contributed by atoms with Gasteiger partial charge in [0.15, 0.2) is 5.96 Å². The Balaban J connectivity index is 0.00000312. The van der Waals surface area contributed by atoms with Gasteiger partial charge < -0.3 is 20.0 Å². The van der Waals surface area contributed by atoms with Gasteiger partial charge in [0, 0.05) is 58.7 Å². The van der Waals surface area contributed by atoms with Crippen LogP contribution in [0.25, 0.3) is 0 Å². The van der Waals surface area contributed by atoms with E-state index in [-0.39, 0.29) is 24.0 Å². The fourth-order valence-electron chi connectivity index (χ4n) is 2.98. The van der Waals surface area contributed by atoms with Crippen LogP contribution in [0.2, 0.25) is 0 Å². The number of likely N-dealkylation sites (N-methyl/N-ethyl adjacent to an activating group) is 1. The number of nitrogens with one attached hydrogen (secondary N) is 1. The van der Waals surface area contributed by atoms with Crippen molar-refractivity contribution in [2.75, 3.05) is 64.3 Å². The molecule has 0 radical (unpaired) electrons. The van der Waals surface area contributed by atoms with Crippen molar-refractivity contribution >= 4 is 35.9 Å². The van der Waals surface area contributed by atoms with Gasteiger partial charge in [0.2, 0.25) is 5.95 Å². The van der Waals surface area contributed by atoms with Crippen molar-refractivity contribution in [1.82, 2.24) is 25.1 Å². The van der Waals surface area contributed by atoms with Crippen LogP contribution in [0.5, 0.6) is 0 Å². The molecule has 8 heteroatoms. The van der Waals surface area contributed by atoms with E-state index in [0.29, 0.717) is 0 Å². The van der Waals surface area contributed by atoms with Crippen LogP contribution < -0.4 is 10.2 Å². The van der Waals surface area contributed by atoms with Crippen LogP contribution in [0, 0.1) is 0 Å². The molecular weight excluding hydrogens is 429 g/mol. The van der Waals surface area contributed by atoms with Crippen LogP contribution in [-0.2, 0) is 0 Å². The molecule has 0 bridgehead atoms. The summed E-state index contributed by atoms with van der Waals surface area (Å²) in [5.74, 6) is 1.81. The number of hydrogen-bond donors (Lipinski definition) is 1. The van der Waals surface area contributed by atoms with Crippen molar-refractivity contribution in [1.29, 1.82) is 0 Å². The predicted molar refractivity (Wildman–Crippen MR) is 115 cm³/mol. The number of rotatable bonds is 7. The number of aliphatic imine (C=N–C) groups is 1. The van der Waals surface area contributed by atoms with Crippen molar-refractivity contribution < 1.29 is 0 Å². The molecule has 0 amide bonds. The summed E-state index contributed by atoms with van der Waals surface area (Å²) in [6.45, 7) is 12.4. The van der Waals surface area contributed by atoms with Gasteiger partial charge in [-0.3, -0.25) is 4.99 Å². The first-order chi connectivity index (χ1) is 11.8. The summed E-state index contributed by atoms with van der Waals surface area (Å²) in [5.41, 5.74) is 0. The highest BCUT2D eigenvalue weighted by molar-refractivity contribution is 14.0. The lowest BCUT2D eigenvalue weighted by Gasteiger charge is -2.36. The number of piperazine rings is 1. The molecule has 1 saturated heterocycles. The van der Waals surface area contributed by atoms with E-state index in [9.17, 15) is 0 Å². The summed E-state index contributed by atoms with van der Waals surface area (Å²) in [5, 5.41) is 3.50. The van der Waals surface area contributed by atoms with Gasteiger partial charge >= 0.3 is 0 Å². The fourth-order valence-corrected chi connectivity index (χ4v) is 2.98. The standard InChI is InChI=1S/C17H31N7.HI/c1-4-10-22(5-2)11-9-21-16(18-3)23-12-14-24(15-13-23)17-19-7-6-8-20-17;/h6-8H,4-5,9-15H2,1-3H3,(H,18,21);1H. The molecule has 0 atom stereocenters. The normalized spacial score (nSPS) is 15.3. The Hall–Kier alpha value is -1.16. The highest BCUT2D eigenvalue weighted by Crippen LogP contribution is 2.09. The molecule has 1 fully saturated rings. The zero-order valence-electron chi connectivity index (χ0n) is 15.7. The molecule has 0 aliphatic carbocycles. The number of aromatic nitrogens is 2. The second-order valence-electron chi connectivity index (χ2n) is 5.93. The number of hydrogen-bond acceptors (Lipinski definition) is 5. The number of halogens is 1. The summed E-state index contributed by atoms with van der Waals surface area (Å²) in [6, 6.07) is 1.85. The van der Waals surface area contributed by atoms with Crippen LogP contribution in [0.4, 0.5) is 5.95 Å². The van der Waals surface area contributed by atoms with Gasteiger partial charge in [-0.05, 0) is 25.6 Å². The average Bonchev–Trinajstić information content (AvgIpc) is 2.65. The zero-order valence-corrected chi connectivity index (χ0v) is 18.0. The maximum absolute atomic E-state index is 4.44. The summed E-state index contributed by atoms with van der Waals surface area (Å²) in [6.07, 6.45) is 4.79. The molecule has 1 aliphatic rings. The van der Waals surface area contributed by atoms with Crippen LogP contribution in [-0.4, -0.2) is 85.1 Å². The second kappa shape index (κ2) is 12.2. The summed E-state index contributed by atoms with van der Waals surface area (Å²) in [7, 11) is 1.86. The largest absolute Gasteiger partial charge is 0.355 e. The monoisotopic (exact) mass is 461 g/mol. The molecule has 0 saturated carbocycles. The van der Waals surface area contributed by atoms with E-state index in [2.05, 4.69) is 48.8 Å². The molecule has 1 aliphatic heterocycles. The van der Waals surface area contributed by atoms with Gasteiger partial charge in [-0.1, -0.05) is 13.8 Å². The number of nitrogens with zero attached hydrogens (tertiary/aromatic N) is 6. The van der Waals surface area contributed by atoms with Crippen molar-refractivity contribution in [3.05, 3.63) is 18.5 Å². The van der Waals surface area contributed by atoms with Crippen LogP contribution in [0.1, 0.15) is 20.3 Å². The van der Waals surface area contributed by atoms with Gasteiger partial charge in [-0.2, -0.15) is 0 Å². The molecule has 2 rings (SSSR count). The van der Waals surface area contributed by atoms with Gasteiger partial charge in [-0.25, -0.2) is 9.97 Å². The molecule has 1 aromatic rings. The molecule has 142 valence electrons. The van der Waals surface area contributed by atoms with Gasteiger partial charge in [0.05, 0.1) is 0 Å². The molecule has 1 N–H and O–H groups in total. The maximum Gasteiger partial charge on any atom is 0.225 e. The minimum atomic E-state index is 0. The molecule has 1 aromatic heterocycles. The van der Waals surface area contributed by atoms with Crippen molar-refractivity contribution in [2.24, 2.45) is 4.99 Å². The first kappa shape index (κ1) is 21.9. The number of anilines is 1. The Morgan fingerprint density at radius 1 is 1.16 bits per heavy atom. The van der Waals surface area contributed by atoms with E-state index in [4.69, 9.17) is 0 Å². The predicted octanol–water partition coefficient (Wildman–Crippen LogP) is 1.52. The van der Waals surface area contributed by atoms with Crippen LogP contribution in [0.3, 0.4) is 0 Å². The van der Waals surface area contributed by atoms with Crippen LogP contribution >= 0.6 is 24.0 Å².